The third kappa shape index (κ3) is 4.79. The molecule has 0 spiro atoms. The van der Waals surface area contributed by atoms with Gasteiger partial charge in [-0.25, -0.2) is 0 Å². The predicted octanol–water partition coefficient (Wildman–Crippen LogP) is 4.55. The molecule has 0 bridgehead atoms. The highest BCUT2D eigenvalue weighted by molar-refractivity contribution is 6.17. The Morgan fingerprint density at radius 1 is 1.24 bits per heavy atom. The van der Waals surface area contributed by atoms with Crippen LogP contribution in [0.2, 0.25) is 0 Å². The van der Waals surface area contributed by atoms with Crippen molar-refractivity contribution in [1.82, 2.24) is 0 Å². The fourth-order valence-corrected chi connectivity index (χ4v) is 2.89. The van der Waals surface area contributed by atoms with Gasteiger partial charge in [-0.05, 0) is 31.7 Å². The van der Waals surface area contributed by atoms with Gasteiger partial charge in [0.1, 0.15) is 17.6 Å². The van der Waals surface area contributed by atoms with E-state index in [9.17, 15) is 0 Å². The molecule has 1 fully saturated rings. The fraction of sp³-hybridized carbons (Fsp3) is 0.647. The summed E-state index contributed by atoms with van der Waals surface area (Å²) in [7, 11) is 1.77. The maximum absolute atomic E-state index is 6.19. The number of ether oxygens (including phenoxy) is 3. The maximum atomic E-state index is 6.19. The monoisotopic (exact) mass is 312 g/mol. The molecular weight excluding hydrogens is 288 g/mol. The van der Waals surface area contributed by atoms with Gasteiger partial charge in [0.15, 0.2) is 0 Å². The van der Waals surface area contributed by atoms with Gasteiger partial charge in [-0.1, -0.05) is 13.0 Å². The summed E-state index contributed by atoms with van der Waals surface area (Å²) in [5, 5.41) is 0. The highest BCUT2D eigenvalue weighted by Gasteiger charge is 2.23. The van der Waals surface area contributed by atoms with Crippen molar-refractivity contribution >= 4 is 11.6 Å². The molecule has 1 aliphatic rings. The van der Waals surface area contributed by atoms with Crippen molar-refractivity contribution in [3.8, 4) is 11.5 Å². The van der Waals surface area contributed by atoms with Gasteiger partial charge >= 0.3 is 0 Å². The highest BCUT2D eigenvalue weighted by atomic mass is 35.5. The van der Waals surface area contributed by atoms with Gasteiger partial charge in [-0.15, -0.1) is 11.6 Å². The lowest BCUT2D eigenvalue weighted by atomic mass is 9.95. The first kappa shape index (κ1) is 16.4. The molecule has 1 aromatic carbocycles. The van der Waals surface area contributed by atoms with Gasteiger partial charge in [-0.3, -0.25) is 0 Å². The molecule has 118 valence electrons. The van der Waals surface area contributed by atoms with Crippen LogP contribution in [0, 0.1) is 0 Å². The van der Waals surface area contributed by atoms with E-state index in [2.05, 4.69) is 6.92 Å². The highest BCUT2D eigenvalue weighted by Crippen LogP contribution is 2.31. The second-order valence-corrected chi connectivity index (χ2v) is 5.78. The van der Waals surface area contributed by atoms with Crippen LogP contribution in [0.25, 0.3) is 0 Å². The molecule has 0 aliphatic heterocycles. The summed E-state index contributed by atoms with van der Waals surface area (Å²) in [6.07, 6.45) is 5.78. The zero-order valence-electron chi connectivity index (χ0n) is 12.9. The summed E-state index contributed by atoms with van der Waals surface area (Å²) in [4.78, 5) is 0. The van der Waals surface area contributed by atoms with Crippen molar-refractivity contribution in [2.45, 2.75) is 57.1 Å². The van der Waals surface area contributed by atoms with E-state index in [1.54, 1.807) is 7.11 Å². The van der Waals surface area contributed by atoms with Crippen LogP contribution < -0.4 is 9.47 Å². The van der Waals surface area contributed by atoms with E-state index in [4.69, 9.17) is 25.8 Å². The van der Waals surface area contributed by atoms with Gasteiger partial charge in [0.25, 0.3) is 0 Å². The van der Waals surface area contributed by atoms with E-state index in [1.807, 2.05) is 18.2 Å². The molecule has 0 saturated heterocycles. The number of halogens is 1. The van der Waals surface area contributed by atoms with E-state index in [1.165, 1.54) is 0 Å². The van der Waals surface area contributed by atoms with Crippen LogP contribution in [-0.2, 0) is 10.6 Å². The van der Waals surface area contributed by atoms with Gasteiger partial charge in [0.05, 0.1) is 18.6 Å². The second-order valence-electron chi connectivity index (χ2n) is 5.52. The van der Waals surface area contributed by atoms with Crippen LogP contribution in [0.5, 0.6) is 11.5 Å². The number of alkyl halides is 1. The summed E-state index contributed by atoms with van der Waals surface area (Å²) in [6, 6.07) is 5.91. The Hall–Kier alpha value is -0.930. The lowest BCUT2D eigenvalue weighted by Gasteiger charge is -2.29. The molecule has 0 aromatic heterocycles. The van der Waals surface area contributed by atoms with Gasteiger partial charge in [-0.2, -0.15) is 0 Å². The lowest BCUT2D eigenvalue weighted by Crippen LogP contribution is -2.29. The van der Waals surface area contributed by atoms with Crippen molar-refractivity contribution < 1.29 is 14.2 Å². The Morgan fingerprint density at radius 2 is 2.05 bits per heavy atom. The quantitative estimate of drug-likeness (QED) is 0.691. The Balaban J connectivity index is 2.05. The molecule has 0 radical (unpaired) electrons. The second kappa shape index (κ2) is 8.50. The Bertz CT molecular complexity index is 436. The minimum atomic E-state index is 0.201. The molecule has 2 atom stereocenters. The summed E-state index contributed by atoms with van der Waals surface area (Å²) < 4.78 is 17.3. The first-order chi connectivity index (χ1) is 10.3. The molecule has 3 nitrogen and oxygen atoms in total. The molecule has 0 N–H and O–H groups in total. The summed E-state index contributed by atoms with van der Waals surface area (Å²) in [6.45, 7) is 2.81. The third-order valence-corrected chi connectivity index (χ3v) is 4.15. The van der Waals surface area contributed by atoms with Crippen molar-refractivity contribution in [2.75, 3.05) is 13.7 Å². The number of rotatable bonds is 7. The van der Waals surface area contributed by atoms with Crippen molar-refractivity contribution in [1.29, 1.82) is 0 Å². The minimum Gasteiger partial charge on any atom is -0.493 e. The van der Waals surface area contributed by atoms with E-state index in [-0.39, 0.29) is 6.10 Å². The average Bonchev–Trinajstić information content (AvgIpc) is 2.53. The molecule has 1 saturated carbocycles. The van der Waals surface area contributed by atoms with Gasteiger partial charge in [0, 0.05) is 25.2 Å². The molecule has 1 aromatic rings. The largest absolute Gasteiger partial charge is 0.493 e. The molecule has 2 unspecified atom stereocenters. The fourth-order valence-electron chi connectivity index (χ4n) is 2.67. The zero-order chi connectivity index (χ0) is 15.1. The van der Waals surface area contributed by atoms with Crippen LogP contribution in [0.1, 0.15) is 44.6 Å². The van der Waals surface area contributed by atoms with Crippen molar-refractivity contribution in [2.24, 2.45) is 0 Å². The number of methoxy groups -OCH3 is 1. The SMILES string of the molecule is CCCOc1ccc(CCl)c(OC2CCCC(OC)C2)c1. The van der Waals surface area contributed by atoms with Crippen LogP contribution in [0.3, 0.4) is 0 Å². The zero-order valence-corrected chi connectivity index (χ0v) is 13.7. The van der Waals surface area contributed by atoms with Crippen LogP contribution in [0.15, 0.2) is 18.2 Å². The summed E-state index contributed by atoms with van der Waals surface area (Å²) in [5.74, 6) is 2.14. The Morgan fingerprint density at radius 3 is 2.76 bits per heavy atom. The van der Waals surface area contributed by atoms with Crippen molar-refractivity contribution in [3.05, 3.63) is 23.8 Å². The van der Waals surface area contributed by atoms with E-state index < -0.39 is 0 Å². The third-order valence-electron chi connectivity index (χ3n) is 3.86. The lowest BCUT2D eigenvalue weighted by molar-refractivity contribution is 0.0206. The topological polar surface area (TPSA) is 27.7 Å². The van der Waals surface area contributed by atoms with E-state index in [0.717, 1.165) is 55.8 Å². The molecule has 1 aliphatic carbocycles. The Kier molecular flexibility index (Phi) is 6.65. The molecule has 0 heterocycles. The Labute approximate surface area is 132 Å². The molecule has 0 amide bonds. The van der Waals surface area contributed by atoms with Crippen molar-refractivity contribution in [3.63, 3.8) is 0 Å². The van der Waals surface area contributed by atoms with E-state index >= 15 is 0 Å². The first-order valence-electron chi connectivity index (χ1n) is 7.78. The smallest absolute Gasteiger partial charge is 0.127 e. The number of benzene rings is 1. The van der Waals surface area contributed by atoms with Gasteiger partial charge in [0.2, 0.25) is 0 Å². The van der Waals surface area contributed by atoms with Crippen LogP contribution >= 0.6 is 11.6 Å². The molecule has 21 heavy (non-hydrogen) atoms. The summed E-state index contributed by atoms with van der Waals surface area (Å²) in [5.41, 5.74) is 1.01. The minimum absolute atomic E-state index is 0.201. The molecule has 2 rings (SSSR count). The number of hydrogen-bond acceptors (Lipinski definition) is 3. The molecular formula is C17H25ClO3. The average molecular weight is 313 g/mol. The molecule has 4 heteroatoms. The van der Waals surface area contributed by atoms with Gasteiger partial charge < -0.3 is 14.2 Å². The maximum Gasteiger partial charge on any atom is 0.127 e. The standard InChI is InChI=1S/C17H25ClO3/c1-3-9-20-15-8-7-13(12-18)17(11-15)21-16-6-4-5-14(10-16)19-2/h7-8,11,14,16H,3-6,9-10,12H2,1-2H3. The normalized spacial score (nSPS) is 22.0. The summed E-state index contributed by atoms with van der Waals surface area (Å²) >= 11 is 6.02. The van der Waals surface area contributed by atoms with Crippen LogP contribution in [-0.4, -0.2) is 25.9 Å². The first-order valence-corrected chi connectivity index (χ1v) is 8.31. The predicted molar refractivity (Wildman–Crippen MR) is 85.5 cm³/mol. The van der Waals surface area contributed by atoms with Crippen LogP contribution in [0.4, 0.5) is 0 Å². The number of hydrogen-bond donors (Lipinski definition) is 0. The van der Waals surface area contributed by atoms with E-state index in [0.29, 0.717) is 12.0 Å².